The Bertz CT molecular complexity index is 973. The number of primary amides is 1. The highest BCUT2D eigenvalue weighted by molar-refractivity contribution is 5.90. The largest absolute Gasteiger partial charge is 0.473 e. The Morgan fingerprint density at radius 1 is 1.23 bits per heavy atom. The summed E-state index contributed by atoms with van der Waals surface area (Å²) in [6.07, 6.45) is 7.79. The Morgan fingerprint density at radius 2 is 1.93 bits per heavy atom. The highest BCUT2D eigenvalue weighted by Crippen LogP contribution is 2.60. The lowest BCUT2D eigenvalue weighted by atomic mass is 9.47. The number of non-ortho nitro benzene ring substituents is 1. The van der Waals surface area contributed by atoms with Crippen LogP contribution in [-0.4, -0.2) is 28.4 Å². The van der Waals surface area contributed by atoms with Gasteiger partial charge in [0.05, 0.1) is 4.92 Å². The number of fused-ring (bicyclic) bond motifs is 1. The molecule has 0 radical (unpaired) electrons. The summed E-state index contributed by atoms with van der Waals surface area (Å²) in [5, 5.41) is 14.2. The van der Waals surface area contributed by atoms with E-state index in [9.17, 15) is 19.7 Å². The first-order chi connectivity index (χ1) is 14.2. The van der Waals surface area contributed by atoms with E-state index in [2.05, 4.69) is 5.32 Å². The zero-order valence-electron chi connectivity index (χ0n) is 16.8. The van der Waals surface area contributed by atoms with Gasteiger partial charge in [-0.05, 0) is 68.9 Å². The van der Waals surface area contributed by atoms with Crippen molar-refractivity contribution in [1.82, 2.24) is 5.32 Å². The van der Waals surface area contributed by atoms with Gasteiger partial charge in [-0.3, -0.25) is 19.7 Å². The van der Waals surface area contributed by atoms with E-state index in [1.807, 2.05) is 0 Å². The zero-order chi connectivity index (χ0) is 21.3. The van der Waals surface area contributed by atoms with Crippen molar-refractivity contribution in [2.75, 3.05) is 0 Å². The molecule has 0 saturated heterocycles. The molecule has 4 bridgehead atoms. The van der Waals surface area contributed by atoms with Crippen molar-refractivity contribution < 1.29 is 19.2 Å². The molecule has 1 aromatic rings. The van der Waals surface area contributed by atoms with E-state index >= 15 is 0 Å². The fourth-order valence-corrected chi connectivity index (χ4v) is 6.36. The maximum absolute atomic E-state index is 13.2. The normalized spacial score (nSPS) is 37.9. The van der Waals surface area contributed by atoms with Crippen LogP contribution in [0.1, 0.15) is 44.6 Å². The second kappa shape index (κ2) is 6.30. The van der Waals surface area contributed by atoms with Gasteiger partial charge in [0, 0.05) is 29.2 Å². The molecule has 1 aliphatic heterocycles. The molecule has 30 heavy (non-hydrogen) atoms. The topological polar surface area (TPSA) is 125 Å². The van der Waals surface area contributed by atoms with Gasteiger partial charge >= 0.3 is 0 Å². The zero-order valence-corrected chi connectivity index (χ0v) is 16.8. The molecule has 158 valence electrons. The van der Waals surface area contributed by atoms with Crippen molar-refractivity contribution in [3.05, 3.63) is 40.0 Å². The van der Waals surface area contributed by atoms with Crippen LogP contribution in [0.3, 0.4) is 0 Å². The molecule has 4 aliphatic carbocycles. The van der Waals surface area contributed by atoms with Crippen molar-refractivity contribution in [3.63, 3.8) is 0 Å². The number of nitrogens with zero attached hydrogens (tertiary/aromatic N) is 1. The third-order valence-corrected chi connectivity index (χ3v) is 7.65. The van der Waals surface area contributed by atoms with Crippen LogP contribution in [0.2, 0.25) is 0 Å². The molecule has 0 spiro atoms. The smallest absolute Gasteiger partial charge is 0.270 e. The van der Waals surface area contributed by atoms with Crippen molar-refractivity contribution in [3.8, 4) is 5.75 Å². The minimum Gasteiger partial charge on any atom is -0.473 e. The van der Waals surface area contributed by atoms with Crippen molar-refractivity contribution >= 4 is 23.6 Å². The number of nitro benzene ring substituents is 1. The van der Waals surface area contributed by atoms with Crippen molar-refractivity contribution in [1.29, 1.82) is 0 Å². The number of nitrogens with one attached hydrogen (secondary N) is 1. The summed E-state index contributed by atoms with van der Waals surface area (Å²) in [6, 6.07) is 4.36. The summed E-state index contributed by atoms with van der Waals surface area (Å²) in [7, 11) is 0. The molecule has 4 fully saturated rings. The fourth-order valence-electron chi connectivity index (χ4n) is 6.36. The molecule has 8 heteroatoms. The van der Waals surface area contributed by atoms with E-state index in [4.69, 9.17) is 10.5 Å². The van der Waals surface area contributed by atoms with Crippen LogP contribution in [0.15, 0.2) is 24.3 Å². The molecule has 3 N–H and O–H groups in total. The van der Waals surface area contributed by atoms with Crippen LogP contribution < -0.4 is 15.8 Å². The standard InChI is InChI=1S/C22H25N3O5/c1-21(5-4-13-8-16(25(28)29)2-3-17(13)30-21)20(27)24-18-14-6-12-7-15(18)11-22(9-12,10-14)19(23)26/h2-5,8,12,14-15,18H,6-7,9-11H2,1H3,(H2,23,26)(H,24,27). The van der Waals surface area contributed by atoms with E-state index in [-0.39, 0.29) is 35.4 Å². The van der Waals surface area contributed by atoms with E-state index in [0.717, 1.165) is 32.1 Å². The monoisotopic (exact) mass is 411 g/mol. The van der Waals surface area contributed by atoms with Crippen LogP contribution in [0.4, 0.5) is 5.69 Å². The number of hydrogen-bond acceptors (Lipinski definition) is 5. The van der Waals surface area contributed by atoms with Gasteiger partial charge in [-0.1, -0.05) is 6.08 Å². The van der Waals surface area contributed by atoms with Crippen molar-refractivity contribution in [2.24, 2.45) is 28.9 Å². The SMILES string of the molecule is CC1(C(=O)NC2C3CC4CC2CC(C(N)=O)(C4)C3)C=Cc2cc([N+](=O)[O-])ccc2O1. The minimum absolute atomic E-state index is 0.0213. The lowest BCUT2D eigenvalue weighted by Crippen LogP contribution is -2.64. The molecule has 6 rings (SSSR count). The van der Waals surface area contributed by atoms with Gasteiger partial charge < -0.3 is 15.8 Å². The van der Waals surface area contributed by atoms with Crippen molar-refractivity contribution in [2.45, 2.75) is 50.7 Å². The average molecular weight is 411 g/mol. The first kappa shape index (κ1) is 19.1. The minimum atomic E-state index is -1.20. The van der Waals surface area contributed by atoms with Gasteiger partial charge in [0.25, 0.3) is 11.6 Å². The first-order valence-corrected chi connectivity index (χ1v) is 10.5. The highest BCUT2D eigenvalue weighted by atomic mass is 16.6. The number of ether oxygens (including phenoxy) is 1. The summed E-state index contributed by atoms with van der Waals surface area (Å²) in [4.78, 5) is 35.9. The highest BCUT2D eigenvalue weighted by Gasteiger charge is 2.58. The molecular formula is C22H25N3O5. The number of carbonyl (C=O) groups excluding carboxylic acids is 2. The van der Waals surface area contributed by atoms with Crippen LogP contribution in [0.5, 0.6) is 5.75 Å². The molecule has 4 saturated carbocycles. The van der Waals surface area contributed by atoms with Crippen LogP contribution in [-0.2, 0) is 9.59 Å². The molecule has 3 atom stereocenters. The summed E-state index contributed by atoms with van der Waals surface area (Å²) in [5.41, 5.74) is 4.72. The number of nitrogens with two attached hydrogens (primary N) is 1. The molecule has 1 heterocycles. The number of benzene rings is 1. The van der Waals surface area contributed by atoms with Crippen LogP contribution in [0, 0.1) is 33.3 Å². The number of carbonyl (C=O) groups is 2. The van der Waals surface area contributed by atoms with Gasteiger partial charge in [-0.25, -0.2) is 0 Å². The van der Waals surface area contributed by atoms with Gasteiger partial charge in [-0.15, -0.1) is 0 Å². The predicted octanol–water partition coefficient (Wildman–Crippen LogP) is 2.56. The van der Waals surface area contributed by atoms with E-state index in [0.29, 0.717) is 17.2 Å². The number of rotatable bonds is 4. The maximum Gasteiger partial charge on any atom is 0.270 e. The van der Waals surface area contributed by atoms with Gasteiger partial charge in [0.1, 0.15) is 5.75 Å². The predicted molar refractivity (Wildman–Crippen MR) is 108 cm³/mol. The summed E-state index contributed by atoms with van der Waals surface area (Å²) < 4.78 is 5.97. The maximum atomic E-state index is 13.2. The summed E-state index contributed by atoms with van der Waals surface area (Å²) in [6.45, 7) is 1.70. The quantitative estimate of drug-likeness (QED) is 0.582. The third kappa shape index (κ3) is 2.80. The van der Waals surface area contributed by atoms with E-state index in [1.165, 1.54) is 18.2 Å². The molecule has 0 aromatic heterocycles. The molecule has 8 nitrogen and oxygen atoms in total. The Kier molecular flexibility index (Phi) is 4.01. The van der Waals surface area contributed by atoms with Crippen LogP contribution in [0.25, 0.3) is 6.08 Å². The Labute approximate surface area is 174 Å². The molecular weight excluding hydrogens is 386 g/mol. The fraction of sp³-hybridized carbons (Fsp3) is 0.545. The average Bonchev–Trinajstić information content (AvgIpc) is 2.69. The Hall–Kier alpha value is -2.90. The molecule has 3 unspecified atom stereocenters. The second-order valence-electron chi connectivity index (χ2n) is 9.64. The van der Waals surface area contributed by atoms with E-state index in [1.54, 1.807) is 19.1 Å². The Morgan fingerprint density at radius 3 is 2.57 bits per heavy atom. The summed E-state index contributed by atoms with van der Waals surface area (Å²) in [5.74, 6) is 1.07. The van der Waals surface area contributed by atoms with E-state index < -0.39 is 15.9 Å². The number of amides is 2. The lowest BCUT2D eigenvalue weighted by molar-refractivity contribution is -0.384. The number of nitro groups is 1. The molecule has 1 aromatic carbocycles. The molecule has 5 aliphatic rings. The molecule has 2 amide bonds. The van der Waals surface area contributed by atoms with Crippen LogP contribution >= 0.6 is 0 Å². The first-order valence-electron chi connectivity index (χ1n) is 10.5. The Balaban J connectivity index is 1.33. The summed E-state index contributed by atoms with van der Waals surface area (Å²) >= 11 is 0. The second-order valence-corrected chi connectivity index (χ2v) is 9.64. The number of hydrogen-bond donors (Lipinski definition) is 2. The van der Waals surface area contributed by atoms with Gasteiger partial charge in [0.15, 0.2) is 0 Å². The lowest BCUT2D eigenvalue weighted by Gasteiger charge is -2.59. The third-order valence-electron chi connectivity index (χ3n) is 7.65. The van der Waals surface area contributed by atoms with Gasteiger partial charge in [-0.2, -0.15) is 0 Å². The van der Waals surface area contributed by atoms with Gasteiger partial charge in [0.2, 0.25) is 11.5 Å².